The lowest BCUT2D eigenvalue weighted by molar-refractivity contribution is -0.199. The van der Waals surface area contributed by atoms with Crippen LogP contribution in [0.25, 0.3) is 0 Å². The van der Waals surface area contributed by atoms with Gasteiger partial charge in [0.15, 0.2) is 12.0 Å². The van der Waals surface area contributed by atoms with E-state index < -0.39 is 64.6 Å². The molecule has 2 saturated heterocycles. The van der Waals surface area contributed by atoms with Crippen molar-refractivity contribution in [2.24, 2.45) is 0 Å². The van der Waals surface area contributed by atoms with E-state index in [9.17, 15) is 22.8 Å². The number of hydrogen-bond acceptors (Lipinski definition) is 10. The van der Waals surface area contributed by atoms with Crippen molar-refractivity contribution in [3.05, 3.63) is 33.1 Å². The standard InChI is InChI=1S/C29H49N3O10S/c1-4-5-6-7-8-9-10-11-12-13-14-15-16-17-20-38-28(35)31-43(36,37)39-21-22-24-25(42-29(2,3)41-24)26(40-22)32-19-18-23(33)30-27(32)34/h18-19,22,24-26H,4-17,20-21H2,1-3H3,(H,31,35)(H,30,33,34)/t22-,24?,25?,26-/m1/s1. The van der Waals surface area contributed by atoms with Crippen LogP contribution in [0.4, 0.5) is 4.79 Å². The Morgan fingerprint density at radius 3 is 2.07 bits per heavy atom. The third-order valence-electron chi connectivity index (χ3n) is 7.58. The summed E-state index contributed by atoms with van der Waals surface area (Å²) < 4.78 is 55.2. The Kier molecular flexibility index (Phi) is 14.2. The summed E-state index contributed by atoms with van der Waals surface area (Å²) in [6.45, 7) is 5.16. The maximum absolute atomic E-state index is 12.4. The van der Waals surface area contributed by atoms with Crippen molar-refractivity contribution in [2.75, 3.05) is 13.2 Å². The van der Waals surface area contributed by atoms with Gasteiger partial charge in [-0.15, -0.1) is 0 Å². The van der Waals surface area contributed by atoms with E-state index >= 15 is 0 Å². The zero-order valence-electron chi connectivity index (χ0n) is 25.7. The number of hydrogen-bond donors (Lipinski definition) is 2. The molecular formula is C29H49N3O10S. The third kappa shape index (κ3) is 12.0. The number of nitrogens with one attached hydrogen (secondary N) is 2. The highest BCUT2D eigenvalue weighted by molar-refractivity contribution is 7.85. The van der Waals surface area contributed by atoms with Crippen molar-refractivity contribution in [3.8, 4) is 0 Å². The number of ether oxygens (including phenoxy) is 4. The molecule has 2 aliphatic heterocycles. The van der Waals surface area contributed by atoms with Gasteiger partial charge in [-0.25, -0.2) is 9.59 Å². The molecule has 4 atom stereocenters. The number of rotatable bonds is 20. The van der Waals surface area contributed by atoms with Gasteiger partial charge in [0.25, 0.3) is 5.56 Å². The van der Waals surface area contributed by atoms with Crippen LogP contribution in [-0.2, 0) is 33.4 Å². The Hall–Kier alpha value is -2.26. The summed E-state index contributed by atoms with van der Waals surface area (Å²) in [7, 11) is -4.51. The van der Waals surface area contributed by atoms with Gasteiger partial charge < -0.3 is 18.9 Å². The number of nitrogens with zero attached hydrogens (tertiary/aromatic N) is 1. The number of aromatic amines is 1. The van der Waals surface area contributed by atoms with Crippen molar-refractivity contribution in [3.63, 3.8) is 0 Å². The van der Waals surface area contributed by atoms with Gasteiger partial charge in [-0.2, -0.15) is 13.1 Å². The van der Waals surface area contributed by atoms with E-state index in [0.717, 1.165) is 29.9 Å². The molecule has 2 aliphatic rings. The minimum absolute atomic E-state index is 0.102. The van der Waals surface area contributed by atoms with Gasteiger partial charge in [0.2, 0.25) is 0 Å². The highest BCUT2D eigenvalue weighted by Crippen LogP contribution is 2.42. The number of amides is 1. The van der Waals surface area contributed by atoms with E-state index in [-0.39, 0.29) is 6.61 Å². The molecule has 0 aromatic carbocycles. The quantitative estimate of drug-likeness (QED) is 0.197. The second-order valence-electron chi connectivity index (χ2n) is 11.7. The summed E-state index contributed by atoms with van der Waals surface area (Å²) in [5, 5.41) is 0. The van der Waals surface area contributed by atoms with Gasteiger partial charge in [0.05, 0.1) is 13.2 Å². The molecule has 13 nitrogen and oxygen atoms in total. The van der Waals surface area contributed by atoms with E-state index in [2.05, 4.69) is 11.9 Å². The van der Waals surface area contributed by atoms with Crippen LogP contribution in [0.1, 0.15) is 117 Å². The molecule has 1 aromatic heterocycles. The molecule has 3 heterocycles. The van der Waals surface area contributed by atoms with E-state index in [1.165, 1.54) is 70.4 Å². The van der Waals surface area contributed by atoms with E-state index in [0.29, 0.717) is 6.42 Å². The maximum Gasteiger partial charge on any atom is 0.422 e. The Labute approximate surface area is 254 Å². The first kappa shape index (κ1) is 35.2. The Morgan fingerprint density at radius 1 is 0.930 bits per heavy atom. The van der Waals surface area contributed by atoms with Gasteiger partial charge in [-0.1, -0.05) is 90.4 Å². The smallest absolute Gasteiger partial charge is 0.422 e. The molecule has 0 bridgehead atoms. The minimum atomic E-state index is -4.51. The number of carbonyl (C=O) groups is 1. The molecule has 2 fully saturated rings. The Balaban J connectivity index is 1.29. The fourth-order valence-electron chi connectivity index (χ4n) is 5.42. The van der Waals surface area contributed by atoms with E-state index in [1.54, 1.807) is 18.6 Å². The monoisotopic (exact) mass is 631 g/mol. The van der Waals surface area contributed by atoms with Gasteiger partial charge in [-0.3, -0.25) is 18.5 Å². The third-order valence-corrected chi connectivity index (χ3v) is 8.44. The molecule has 1 amide bonds. The van der Waals surface area contributed by atoms with Crippen LogP contribution in [0.2, 0.25) is 0 Å². The summed E-state index contributed by atoms with van der Waals surface area (Å²) in [5.41, 5.74) is -1.30. The first-order chi connectivity index (χ1) is 20.5. The largest absolute Gasteiger partial charge is 0.449 e. The van der Waals surface area contributed by atoms with Crippen LogP contribution in [0.5, 0.6) is 0 Å². The topological polar surface area (TPSA) is 164 Å². The zero-order valence-corrected chi connectivity index (χ0v) is 26.5. The van der Waals surface area contributed by atoms with Crippen molar-refractivity contribution in [1.29, 1.82) is 0 Å². The lowest BCUT2D eigenvalue weighted by Crippen LogP contribution is -2.38. The van der Waals surface area contributed by atoms with Crippen molar-refractivity contribution >= 4 is 16.4 Å². The Bertz CT molecular complexity index is 1220. The Morgan fingerprint density at radius 2 is 1.49 bits per heavy atom. The molecule has 0 radical (unpaired) electrons. The highest BCUT2D eigenvalue weighted by Gasteiger charge is 2.56. The van der Waals surface area contributed by atoms with Crippen molar-refractivity contribution in [2.45, 2.75) is 141 Å². The number of H-pyrrole nitrogens is 1. The summed E-state index contributed by atoms with van der Waals surface area (Å²) in [6, 6.07) is 1.16. The first-order valence-electron chi connectivity index (χ1n) is 15.7. The van der Waals surface area contributed by atoms with Crippen LogP contribution in [0.3, 0.4) is 0 Å². The predicted octanol–water partition coefficient (Wildman–Crippen LogP) is 4.42. The van der Waals surface area contributed by atoms with E-state index in [1.807, 2.05) is 0 Å². The maximum atomic E-state index is 12.4. The second kappa shape index (κ2) is 17.3. The molecule has 0 spiro atoms. The van der Waals surface area contributed by atoms with Crippen LogP contribution in [0.15, 0.2) is 21.9 Å². The van der Waals surface area contributed by atoms with Crippen LogP contribution < -0.4 is 16.0 Å². The lowest BCUT2D eigenvalue weighted by Gasteiger charge is -2.24. The predicted molar refractivity (Wildman–Crippen MR) is 159 cm³/mol. The van der Waals surface area contributed by atoms with Gasteiger partial charge >= 0.3 is 22.1 Å². The molecule has 43 heavy (non-hydrogen) atoms. The molecule has 246 valence electrons. The summed E-state index contributed by atoms with van der Waals surface area (Å²) in [6.07, 6.45) is 13.4. The van der Waals surface area contributed by atoms with Crippen LogP contribution in [-0.4, -0.2) is 61.4 Å². The first-order valence-corrected chi connectivity index (χ1v) is 17.1. The fraction of sp³-hybridized carbons (Fsp3) is 0.828. The minimum Gasteiger partial charge on any atom is -0.449 e. The fourth-order valence-corrected chi connectivity index (χ4v) is 6.06. The summed E-state index contributed by atoms with van der Waals surface area (Å²) in [5.74, 6) is -1.03. The highest BCUT2D eigenvalue weighted by atomic mass is 32.2. The normalized spacial score (nSPS) is 22.9. The molecule has 14 heteroatoms. The number of carbonyl (C=O) groups excluding carboxylic acids is 1. The van der Waals surface area contributed by atoms with Crippen LogP contribution >= 0.6 is 0 Å². The van der Waals surface area contributed by atoms with Crippen LogP contribution in [0, 0.1) is 0 Å². The number of unbranched alkanes of at least 4 members (excludes halogenated alkanes) is 13. The average Bonchev–Trinajstić information content (AvgIpc) is 3.42. The van der Waals surface area contributed by atoms with E-state index in [4.69, 9.17) is 23.1 Å². The van der Waals surface area contributed by atoms with Gasteiger partial charge in [-0.05, 0) is 20.3 Å². The van der Waals surface area contributed by atoms with Gasteiger partial charge in [0.1, 0.15) is 18.3 Å². The molecular weight excluding hydrogens is 582 g/mol. The molecule has 0 aliphatic carbocycles. The van der Waals surface area contributed by atoms with Crippen molar-refractivity contribution < 1.29 is 36.3 Å². The van der Waals surface area contributed by atoms with Crippen molar-refractivity contribution in [1.82, 2.24) is 14.3 Å². The molecule has 1 aromatic rings. The average molecular weight is 632 g/mol. The lowest BCUT2D eigenvalue weighted by atomic mass is 10.0. The summed E-state index contributed by atoms with van der Waals surface area (Å²) >= 11 is 0. The zero-order chi connectivity index (χ0) is 31.3. The SMILES string of the molecule is CCCCCCCCCCCCCCCCOC(=O)NS(=O)(=O)OC[C@H]1O[C@@H](n2ccc(=O)[nH]c2=O)C2OC(C)(C)OC21. The van der Waals surface area contributed by atoms with Gasteiger partial charge in [0, 0.05) is 12.3 Å². The second-order valence-corrected chi connectivity index (χ2v) is 13.1. The number of aromatic nitrogens is 2. The summed E-state index contributed by atoms with van der Waals surface area (Å²) in [4.78, 5) is 37.9. The molecule has 3 rings (SSSR count). The number of fused-ring (bicyclic) bond motifs is 1. The molecule has 2 N–H and O–H groups in total. The molecule has 2 unspecified atom stereocenters. The molecule has 0 saturated carbocycles.